The van der Waals surface area contributed by atoms with Crippen LogP contribution in [0.1, 0.15) is 24.5 Å². The molecule has 0 amide bonds. The molecule has 2 atom stereocenters. The van der Waals surface area contributed by atoms with Crippen LogP contribution in [0.2, 0.25) is 0 Å². The predicted octanol–water partition coefficient (Wildman–Crippen LogP) is 3.43. The summed E-state index contributed by atoms with van der Waals surface area (Å²) < 4.78 is 0. The van der Waals surface area contributed by atoms with Gasteiger partial charge in [0.05, 0.1) is 5.69 Å². The summed E-state index contributed by atoms with van der Waals surface area (Å²) in [5, 5.41) is 3.32. The van der Waals surface area contributed by atoms with Crippen molar-refractivity contribution in [2.24, 2.45) is 11.8 Å². The molecule has 3 heteroatoms. The van der Waals surface area contributed by atoms with Gasteiger partial charge in [-0.3, -0.25) is 0 Å². The van der Waals surface area contributed by atoms with Gasteiger partial charge in [0.25, 0.3) is 0 Å². The normalized spacial score (nSPS) is 21.7. The maximum absolute atomic E-state index is 5.79. The maximum atomic E-state index is 5.79. The van der Waals surface area contributed by atoms with Crippen molar-refractivity contribution in [2.75, 3.05) is 18.8 Å². The molecule has 1 aliphatic heterocycles. The van der Waals surface area contributed by atoms with Crippen molar-refractivity contribution in [1.82, 2.24) is 10.3 Å². The van der Waals surface area contributed by atoms with Gasteiger partial charge in [-0.15, -0.1) is 0 Å². The first-order chi connectivity index (χ1) is 10.7. The molecule has 2 aliphatic rings. The maximum Gasteiger partial charge on any atom is 0.124 e. The van der Waals surface area contributed by atoms with Crippen LogP contribution in [-0.4, -0.2) is 18.1 Å². The van der Waals surface area contributed by atoms with Crippen LogP contribution in [0.5, 0.6) is 0 Å². The minimum absolute atomic E-state index is 0.593. The van der Waals surface area contributed by atoms with E-state index in [9.17, 15) is 0 Å². The molecule has 0 spiro atoms. The van der Waals surface area contributed by atoms with Crippen molar-refractivity contribution in [3.05, 3.63) is 47.5 Å². The van der Waals surface area contributed by atoms with Crippen molar-refractivity contribution < 1.29 is 0 Å². The second-order valence-corrected chi connectivity index (χ2v) is 6.42. The molecule has 3 nitrogen and oxygen atoms in total. The lowest BCUT2D eigenvalue weighted by Crippen LogP contribution is -2.10. The van der Waals surface area contributed by atoms with Crippen molar-refractivity contribution in [3.63, 3.8) is 0 Å². The van der Waals surface area contributed by atoms with Gasteiger partial charge in [-0.2, -0.15) is 0 Å². The third kappa shape index (κ3) is 3.66. The third-order valence-corrected chi connectivity index (χ3v) is 4.54. The fourth-order valence-electron chi connectivity index (χ4n) is 2.95. The number of rotatable bonds is 2. The number of nitrogens with two attached hydrogens (primary N) is 1. The molecular weight excluding hydrogens is 270 g/mol. The van der Waals surface area contributed by atoms with E-state index in [-0.39, 0.29) is 0 Å². The molecule has 1 aromatic heterocycles. The van der Waals surface area contributed by atoms with Crippen LogP contribution in [0.25, 0.3) is 11.3 Å². The standard InChI is InChI=1S/C14H16N2.C5H9N/c1-3-11-8-13(16-14(15)9-11)12-6-4-10(2)5-7-12;1-4-2-6-3-5(1)4/h4-9H,3H2,1-2H3,(H2,15,16);4-6H,1-3H2. The van der Waals surface area contributed by atoms with Crippen molar-refractivity contribution in [2.45, 2.75) is 26.7 Å². The van der Waals surface area contributed by atoms with Crippen LogP contribution < -0.4 is 11.1 Å². The van der Waals surface area contributed by atoms with Crippen molar-refractivity contribution in [1.29, 1.82) is 0 Å². The minimum atomic E-state index is 0.593. The molecule has 2 unspecified atom stereocenters. The van der Waals surface area contributed by atoms with Gasteiger partial charge in [-0.25, -0.2) is 4.98 Å². The monoisotopic (exact) mass is 295 g/mol. The van der Waals surface area contributed by atoms with E-state index in [2.05, 4.69) is 54.5 Å². The van der Waals surface area contributed by atoms with Crippen LogP contribution in [0, 0.1) is 18.8 Å². The second-order valence-electron chi connectivity index (χ2n) is 6.42. The number of anilines is 1. The molecule has 0 radical (unpaired) electrons. The summed E-state index contributed by atoms with van der Waals surface area (Å²) in [6.07, 6.45) is 2.50. The Hall–Kier alpha value is -1.87. The Morgan fingerprint density at radius 3 is 2.32 bits per heavy atom. The SMILES string of the molecule is C1NCC2CC12.CCc1cc(N)nc(-c2ccc(C)cc2)c1. The highest BCUT2D eigenvalue weighted by Gasteiger charge is 2.40. The third-order valence-electron chi connectivity index (χ3n) is 4.54. The van der Waals surface area contributed by atoms with E-state index in [1.165, 1.54) is 30.6 Å². The van der Waals surface area contributed by atoms with E-state index in [1.54, 1.807) is 0 Å². The summed E-state index contributed by atoms with van der Waals surface area (Å²) in [6.45, 7) is 6.82. The first kappa shape index (κ1) is 15.0. The molecule has 2 fully saturated rings. The summed E-state index contributed by atoms with van der Waals surface area (Å²) in [7, 11) is 0. The van der Waals surface area contributed by atoms with Crippen LogP contribution >= 0.6 is 0 Å². The van der Waals surface area contributed by atoms with Gasteiger partial charge in [0.2, 0.25) is 0 Å². The van der Waals surface area contributed by atoms with Crippen LogP contribution in [0.3, 0.4) is 0 Å². The first-order valence-corrected chi connectivity index (χ1v) is 8.20. The summed E-state index contributed by atoms with van der Waals surface area (Å²) in [5.74, 6) is 2.80. The van der Waals surface area contributed by atoms with Crippen LogP contribution in [-0.2, 0) is 6.42 Å². The van der Waals surface area contributed by atoms with E-state index in [0.29, 0.717) is 5.82 Å². The molecule has 4 rings (SSSR count). The molecule has 1 aromatic carbocycles. The molecule has 0 bridgehead atoms. The zero-order valence-electron chi connectivity index (χ0n) is 13.5. The number of pyridine rings is 1. The Kier molecular flexibility index (Phi) is 4.44. The molecule has 116 valence electrons. The fraction of sp³-hybridized carbons (Fsp3) is 0.421. The lowest BCUT2D eigenvalue weighted by molar-refractivity contribution is 0.732. The quantitative estimate of drug-likeness (QED) is 0.892. The minimum Gasteiger partial charge on any atom is -0.384 e. The molecule has 2 heterocycles. The summed E-state index contributed by atoms with van der Waals surface area (Å²) in [6, 6.07) is 12.4. The smallest absolute Gasteiger partial charge is 0.124 e. The largest absolute Gasteiger partial charge is 0.384 e. The fourth-order valence-corrected chi connectivity index (χ4v) is 2.95. The number of nitrogens with zero attached hydrogens (tertiary/aromatic N) is 1. The van der Waals surface area contributed by atoms with Gasteiger partial charge in [-0.1, -0.05) is 36.8 Å². The number of aryl methyl sites for hydroxylation is 2. The number of hydrogen-bond donors (Lipinski definition) is 2. The van der Waals surface area contributed by atoms with E-state index in [0.717, 1.165) is 29.5 Å². The molecule has 1 saturated heterocycles. The van der Waals surface area contributed by atoms with Gasteiger partial charge < -0.3 is 11.1 Å². The number of hydrogen-bond acceptors (Lipinski definition) is 3. The lowest BCUT2D eigenvalue weighted by atomic mass is 10.1. The number of nitrogens with one attached hydrogen (secondary N) is 1. The molecule has 3 N–H and O–H groups in total. The second kappa shape index (κ2) is 6.49. The van der Waals surface area contributed by atoms with E-state index >= 15 is 0 Å². The first-order valence-electron chi connectivity index (χ1n) is 8.20. The molecule has 1 saturated carbocycles. The van der Waals surface area contributed by atoms with Gasteiger partial charge in [-0.05, 0) is 62.4 Å². The summed E-state index contributed by atoms with van der Waals surface area (Å²) in [4.78, 5) is 4.36. The summed E-state index contributed by atoms with van der Waals surface area (Å²) in [5.41, 5.74) is 10.3. The Balaban J connectivity index is 0.000000196. The highest BCUT2D eigenvalue weighted by atomic mass is 14.9. The number of piperidine rings is 1. The van der Waals surface area contributed by atoms with Gasteiger partial charge >= 0.3 is 0 Å². The van der Waals surface area contributed by atoms with E-state index in [4.69, 9.17) is 5.73 Å². The van der Waals surface area contributed by atoms with E-state index < -0.39 is 0 Å². The summed E-state index contributed by atoms with van der Waals surface area (Å²) >= 11 is 0. The zero-order chi connectivity index (χ0) is 15.5. The van der Waals surface area contributed by atoms with Crippen LogP contribution in [0.15, 0.2) is 36.4 Å². The Morgan fingerprint density at radius 2 is 1.82 bits per heavy atom. The molecule has 1 aliphatic carbocycles. The lowest BCUT2D eigenvalue weighted by Gasteiger charge is -2.05. The molecular formula is C19H25N3. The zero-order valence-corrected chi connectivity index (χ0v) is 13.5. The topological polar surface area (TPSA) is 50.9 Å². The van der Waals surface area contributed by atoms with E-state index in [1.807, 2.05) is 6.07 Å². The highest BCUT2D eigenvalue weighted by Crippen LogP contribution is 2.40. The highest BCUT2D eigenvalue weighted by molar-refractivity contribution is 5.62. The number of benzene rings is 1. The van der Waals surface area contributed by atoms with Crippen molar-refractivity contribution >= 4 is 5.82 Å². The molecule has 22 heavy (non-hydrogen) atoms. The van der Waals surface area contributed by atoms with Gasteiger partial charge in [0, 0.05) is 5.56 Å². The van der Waals surface area contributed by atoms with Crippen LogP contribution in [0.4, 0.5) is 5.82 Å². The Bertz CT molecular complexity index is 626. The number of fused-ring (bicyclic) bond motifs is 1. The predicted molar refractivity (Wildman–Crippen MR) is 92.7 cm³/mol. The molecule has 2 aromatic rings. The number of aromatic nitrogens is 1. The average molecular weight is 295 g/mol. The Labute approximate surface area is 133 Å². The number of nitrogen functional groups attached to an aromatic ring is 1. The average Bonchev–Trinajstić information content (AvgIpc) is 3.13. The van der Waals surface area contributed by atoms with Gasteiger partial charge in [0.1, 0.15) is 5.82 Å². The van der Waals surface area contributed by atoms with Gasteiger partial charge in [0.15, 0.2) is 0 Å². The van der Waals surface area contributed by atoms with Crippen molar-refractivity contribution in [3.8, 4) is 11.3 Å². The Morgan fingerprint density at radius 1 is 1.14 bits per heavy atom.